The van der Waals surface area contributed by atoms with Crippen molar-refractivity contribution in [2.24, 2.45) is 0 Å². The van der Waals surface area contributed by atoms with Crippen molar-refractivity contribution in [3.63, 3.8) is 0 Å². The Balaban J connectivity index is 1.51. The summed E-state index contributed by atoms with van der Waals surface area (Å²) in [6.45, 7) is 2.31. The maximum Gasteiger partial charge on any atom is 0.323 e. The van der Waals surface area contributed by atoms with Crippen molar-refractivity contribution in [2.45, 2.75) is 25.6 Å². The van der Waals surface area contributed by atoms with Crippen LogP contribution in [0.25, 0.3) is 22.4 Å². The van der Waals surface area contributed by atoms with E-state index >= 15 is 0 Å². The van der Waals surface area contributed by atoms with Gasteiger partial charge in [-0.1, -0.05) is 0 Å². The number of rotatable bonds is 3. The second-order valence-electron chi connectivity index (χ2n) is 6.78. The summed E-state index contributed by atoms with van der Waals surface area (Å²) in [7, 11) is 1.73. The molecular formula is C19H21FN6O2. The van der Waals surface area contributed by atoms with Gasteiger partial charge in [-0.15, -0.1) is 0 Å². The van der Waals surface area contributed by atoms with E-state index in [0.717, 1.165) is 5.39 Å². The molecule has 0 aliphatic carbocycles. The van der Waals surface area contributed by atoms with Crippen LogP contribution in [0.4, 0.5) is 15.0 Å². The third kappa shape index (κ3) is 3.65. The summed E-state index contributed by atoms with van der Waals surface area (Å²) in [6, 6.07) is 4.81. The minimum absolute atomic E-state index is 0.0537. The van der Waals surface area contributed by atoms with Gasteiger partial charge in [0.2, 0.25) is 0 Å². The molecule has 2 atom stereocenters. The van der Waals surface area contributed by atoms with Crippen LogP contribution in [-0.2, 0) is 0 Å². The Morgan fingerprint density at radius 1 is 1.32 bits per heavy atom. The topological polar surface area (TPSA) is 96.2 Å². The molecule has 146 valence electrons. The Hall–Kier alpha value is -3.07. The van der Waals surface area contributed by atoms with Crippen LogP contribution in [0.3, 0.4) is 0 Å². The molecule has 3 aromatic rings. The molecule has 1 aliphatic heterocycles. The first-order valence-corrected chi connectivity index (χ1v) is 9.10. The first-order valence-electron chi connectivity index (χ1n) is 9.10. The number of halogens is 1. The standard InChI is InChI=1S/C19H21FN6O2/c1-11-22-9-17(28-11)15-4-3-12-8-23-18(7-16(12)24-15)25-19(27)26-6-5-14(21-2)13(20)10-26/h3-4,7-9,13-14,21H,5-6,10H2,1-2H3,(H,23,25,27)/t13-,14-/m0/s1. The molecule has 3 aromatic heterocycles. The SMILES string of the molecule is CN[C@H]1CCN(C(=O)Nc2cc3nc(-c4cnc(C)o4)ccc3cn2)C[C@@H]1F. The molecule has 1 aliphatic rings. The predicted octanol–water partition coefficient (Wildman–Crippen LogP) is 2.76. The van der Waals surface area contributed by atoms with Gasteiger partial charge in [0, 0.05) is 37.2 Å². The normalized spacial score (nSPS) is 19.8. The van der Waals surface area contributed by atoms with Crippen molar-refractivity contribution in [3.05, 3.63) is 36.5 Å². The van der Waals surface area contributed by atoms with Crippen molar-refractivity contribution >= 4 is 22.8 Å². The average molecular weight is 384 g/mol. The molecule has 1 saturated heterocycles. The maximum absolute atomic E-state index is 14.1. The Morgan fingerprint density at radius 2 is 2.18 bits per heavy atom. The molecule has 8 nitrogen and oxygen atoms in total. The van der Waals surface area contributed by atoms with E-state index in [2.05, 4.69) is 25.6 Å². The summed E-state index contributed by atoms with van der Waals surface area (Å²) in [4.78, 5) is 26.8. The number of fused-ring (bicyclic) bond motifs is 1. The number of carbonyl (C=O) groups is 1. The molecule has 0 spiro atoms. The zero-order chi connectivity index (χ0) is 19.7. The number of alkyl halides is 1. The van der Waals surface area contributed by atoms with E-state index in [1.807, 2.05) is 12.1 Å². The molecule has 0 aromatic carbocycles. The number of anilines is 1. The van der Waals surface area contributed by atoms with E-state index in [0.29, 0.717) is 41.6 Å². The van der Waals surface area contributed by atoms with E-state index in [4.69, 9.17) is 4.42 Å². The monoisotopic (exact) mass is 384 g/mol. The second kappa shape index (κ2) is 7.51. The van der Waals surface area contributed by atoms with Gasteiger partial charge < -0.3 is 14.6 Å². The van der Waals surface area contributed by atoms with E-state index in [1.54, 1.807) is 32.4 Å². The van der Waals surface area contributed by atoms with Crippen LogP contribution in [0, 0.1) is 6.92 Å². The minimum atomic E-state index is -1.09. The van der Waals surface area contributed by atoms with Crippen LogP contribution in [0.5, 0.6) is 0 Å². The molecule has 4 heterocycles. The zero-order valence-corrected chi connectivity index (χ0v) is 15.6. The number of piperidine rings is 1. The number of pyridine rings is 2. The van der Waals surface area contributed by atoms with Gasteiger partial charge in [0.25, 0.3) is 0 Å². The lowest BCUT2D eigenvalue weighted by Crippen LogP contribution is -2.52. The lowest BCUT2D eigenvalue weighted by atomic mass is 10.0. The molecule has 4 rings (SSSR count). The highest BCUT2D eigenvalue weighted by molar-refractivity contribution is 5.91. The molecule has 9 heteroatoms. The first kappa shape index (κ1) is 18.3. The zero-order valence-electron chi connectivity index (χ0n) is 15.6. The summed E-state index contributed by atoms with van der Waals surface area (Å²) in [5, 5.41) is 6.50. The Labute approximate surface area is 161 Å². The molecule has 0 bridgehead atoms. The third-order valence-electron chi connectivity index (χ3n) is 4.88. The Morgan fingerprint density at radius 3 is 2.89 bits per heavy atom. The highest BCUT2D eigenvalue weighted by atomic mass is 19.1. The number of nitrogens with one attached hydrogen (secondary N) is 2. The summed E-state index contributed by atoms with van der Waals surface area (Å²) in [5.74, 6) is 1.50. The second-order valence-corrected chi connectivity index (χ2v) is 6.78. The van der Waals surface area contributed by atoms with Crippen molar-refractivity contribution < 1.29 is 13.6 Å². The minimum Gasteiger partial charge on any atom is -0.439 e. The van der Waals surface area contributed by atoms with Gasteiger partial charge in [-0.25, -0.2) is 24.1 Å². The number of hydrogen-bond donors (Lipinski definition) is 2. The lowest BCUT2D eigenvalue weighted by Gasteiger charge is -2.34. The number of urea groups is 1. The van der Waals surface area contributed by atoms with Crippen LogP contribution in [0.15, 0.2) is 35.0 Å². The van der Waals surface area contributed by atoms with Gasteiger partial charge in [0.05, 0.1) is 18.3 Å². The molecule has 2 N–H and O–H groups in total. The van der Waals surface area contributed by atoms with Crippen molar-refractivity contribution in [2.75, 3.05) is 25.5 Å². The molecule has 1 fully saturated rings. The molecular weight excluding hydrogens is 363 g/mol. The first-order chi connectivity index (χ1) is 13.5. The molecule has 0 unspecified atom stereocenters. The number of likely N-dealkylation sites (tertiary alicyclic amines) is 1. The lowest BCUT2D eigenvalue weighted by molar-refractivity contribution is 0.126. The van der Waals surface area contributed by atoms with Gasteiger partial charge in [0.15, 0.2) is 11.7 Å². The summed E-state index contributed by atoms with van der Waals surface area (Å²) in [5.41, 5.74) is 1.31. The molecule has 28 heavy (non-hydrogen) atoms. The Kier molecular flexibility index (Phi) is 4.91. The van der Waals surface area contributed by atoms with Crippen LogP contribution in [0.2, 0.25) is 0 Å². The van der Waals surface area contributed by atoms with Crippen LogP contribution in [-0.4, -0.2) is 58.2 Å². The number of aromatic nitrogens is 3. The van der Waals surface area contributed by atoms with Gasteiger partial charge >= 0.3 is 6.03 Å². The van der Waals surface area contributed by atoms with E-state index in [-0.39, 0.29) is 18.6 Å². The average Bonchev–Trinajstić information content (AvgIpc) is 3.13. The van der Waals surface area contributed by atoms with Gasteiger partial charge in [-0.05, 0) is 25.6 Å². The molecule has 0 radical (unpaired) electrons. The number of nitrogens with zero attached hydrogens (tertiary/aromatic N) is 4. The maximum atomic E-state index is 14.1. The smallest absolute Gasteiger partial charge is 0.323 e. The predicted molar refractivity (Wildman–Crippen MR) is 103 cm³/mol. The molecule has 2 amide bonds. The quantitative estimate of drug-likeness (QED) is 0.721. The number of amides is 2. The van der Waals surface area contributed by atoms with Crippen LogP contribution >= 0.6 is 0 Å². The number of oxazole rings is 1. The van der Waals surface area contributed by atoms with E-state index in [9.17, 15) is 9.18 Å². The van der Waals surface area contributed by atoms with Crippen molar-refractivity contribution in [3.8, 4) is 11.5 Å². The van der Waals surface area contributed by atoms with E-state index < -0.39 is 6.17 Å². The fourth-order valence-corrected chi connectivity index (χ4v) is 3.30. The number of carbonyl (C=O) groups excluding carboxylic acids is 1. The summed E-state index contributed by atoms with van der Waals surface area (Å²) in [6.07, 6.45) is 2.73. The number of aryl methyl sites for hydroxylation is 1. The largest absolute Gasteiger partial charge is 0.439 e. The van der Waals surface area contributed by atoms with Crippen LogP contribution < -0.4 is 10.6 Å². The number of hydrogen-bond acceptors (Lipinski definition) is 6. The highest BCUT2D eigenvalue weighted by Crippen LogP contribution is 2.23. The fraction of sp³-hybridized carbons (Fsp3) is 0.368. The van der Waals surface area contributed by atoms with Crippen molar-refractivity contribution in [1.29, 1.82) is 0 Å². The van der Waals surface area contributed by atoms with E-state index in [1.165, 1.54) is 4.90 Å². The van der Waals surface area contributed by atoms with Gasteiger partial charge in [-0.2, -0.15) is 0 Å². The highest BCUT2D eigenvalue weighted by Gasteiger charge is 2.30. The molecule has 0 saturated carbocycles. The fourth-order valence-electron chi connectivity index (χ4n) is 3.30. The van der Waals surface area contributed by atoms with Crippen molar-refractivity contribution in [1.82, 2.24) is 25.2 Å². The third-order valence-corrected chi connectivity index (χ3v) is 4.88. The Bertz CT molecular complexity index is 1010. The summed E-state index contributed by atoms with van der Waals surface area (Å²) < 4.78 is 19.6. The van der Waals surface area contributed by atoms with Crippen LogP contribution in [0.1, 0.15) is 12.3 Å². The van der Waals surface area contributed by atoms with Gasteiger partial charge in [-0.3, -0.25) is 5.32 Å². The van der Waals surface area contributed by atoms with Gasteiger partial charge in [0.1, 0.15) is 17.7 Å². The summed E-state index contributed by atoms with van der Waals surface area (Å²) >= 11 is 0.